The minimum atomic E-state index is -0.172. The highest BCUT2D eigenvalue weighted by atomic mass is 16.5. The number of hydrogen-bond donors (Lipinski definition) is 1. The fraction of sp³-hybridized carbons (Fsp3) is 0.312. The van der Waals surface area contributed by atoms with Crippen LogP contribution in [0.2, 0.25) is 0 Å². The maximum absolute atomic E-state index is 9.18. The summed E-state index contributed by atoms with van der Waals surface area (Å²) in [5, 5.41) is 9.18. The fourth-order valence-electron chi connectivity index (χ4n) is 1.74. The van der Waals surface area contributed by atoms with Crippen LogP contribution in [-0.2, 0) is 5.41 Å². The third kappa shape index (κ3) is 3.29. The van der Waals surface area contributed by atoms with E-state index in [2.05, 4.69) is 16.0 Å². The Kier molecular flexibility index (Phi) is 3.81. The zero-order chi connectivity index (χ0) is 15.6. The predicted molar refractivity (Wildman–Crippen MR) is 81.1 cm³/mol. The van der Waals surface area contributed by atoms with E-state index in [0.717, 1.165) is 5.56 Å². The molecule has 1 aromatic heterocycles. The molecular formula is C16H18N4O. The third-order valence-corrected chi connectivity index (χ3v) is 3.00. The van der Waals surface area contributed by atoms with Crippen LogP contribution in [0.15, 0.2) is 24.4 Å². The van der Waals surface area contributed by atoms with Gasteiger partial charge in [-0.05, 0) is 24.6 Å². The van der Waals surface area contributed by atoms with Gasteiger partial charge in [-0.1, -0.05) is 20.8 Å². The zero-order valence-electron chi connectivity index (χ0n) is 12.6. The first kappa shape index (κ1) is 14.8. The van der Waals surface area contributed by atoms with E-state index < -0.39 is 0 Å². The van der Waals surface area contributed by atoms with Crippen LogP contribution in [0.25, 0.3) is 0 Å². The maximum atomic E-state index is 9.18. The molecule has 5 heteroatoms. The Balaban J connectivity index is 2.39. The molecule has 0 unspecified atom stereocenters. The Morgan fingerprint density at radius 3 is 2.62 bits per heavy atom. The number of aryl methyl sites for hydroxylation is 1. The summed E-state index contributed by atoms with van der Waals surface area (Å²) in [6.07, 6.45) is 1.65. The molecule has 0 aliphatic carbocycles. The molecule has 21 heavy (non-hydrogen) atoms. The lowest BCUT2D eigenvalue weighted by Crippen LogP contribution is -2.15. The number of anilines is 1. The molecule has 0 aliphatic heterocycles. The van der Waals surface area contributed by atoms with E-state index in [1.165, 1.54) is 0 Å². The number of rotatable bonds is 2. The third-order valence-electron chi connectivity index (χ3n) is 3.00. The molecule has 2 aromatic rings. The van der Waals surface area contributed by atoms with Gasteiger partial charge in [0.05, 0.1) is 5.56 Å². The topological polar surface area (TPSA) is 84.8 Å². The molecule has 0 saturated carbocycles. The Morgan fingerprint density at radius 1 is 1.29 bits per heavy atom. The van der Waals surface area contributed by atoms with Crippen molar-refractivity contribution in [1.82, 2.24) is 9.97 Å². The number of nitrogen functional groups attached to an aromatic ring is 1. The minimum absolute atomic E-state index is 0.172. The van der Waals surface area contributed by atoms with Crippen LogP contribution < -0.4 is 10.5 Å². The lowest BCUT2D eigenvalue weighted by atomic mass is 9.96. The second-order valence-electron chi connectivity index (χ2n) is 5.89. The van der Waals surface area contributed by atoms with E-state index >= 15 is 0 Å². The van der Waals surface area contributed by atoms with E-state index in [9.17, 15) is 5.26 Å². The summed E-state index contributed by atoms with van der Waals surface area (Å²) in [4.78, 5) is 8.64. The van der Waals surface area contributed by atoms with Crippen molar-refractivity contribution in [3.05, 3.63) is 41.3 Å². The zero-order valence-corrected chi connectivity index (χ0v) is 12.6. The molecule has 1 heterocycles. The molecule has 0 saturated heterocycles. The van der Waals surface area contributed by atoms with Crippen LogP contribution in [0.4, 0.5) is 5.69 Å². The van der Waals surface area contributed by atoms with Gasteiger partial charge in [0.25, 0.3) is 0 Å². The van der Waals surface area contributed by atoms with Gasteiger partial charge in [-0.25, -0.2) is 4.98 Å². The minimum Gasteiger partial charge on any atom is -0.438 e. The lowest BCUT2D eigenvalue weighted by molar-refractivity contribution is 0.444. The number of ether oxygens (including phenoxy) is 1. The first-order chi connectivity index (χ1) is 9.81. The first-order valence-corrected chi connectivity index (χ1v) is 6.63. The number of benzene rings is 1. The maximum Gasteiger partial charge on any atom is 0.222 e. The second kappa shape index (κ2) is 5.41. The standard InChI is InChI=1S/C16H18N4O/c1-10-7-13(11(9-17)8-12(10)18)21-14-5-6-19-15(20-14)16(2,3)4/h5-8H,18H2,1-4H3. The van der Waals surface area contributed by atoms with E-state index in [1.54, 1.807) is 24.4 Å². The van der Waals surface area contributed by atoms with E-state index in [0.29, 0.717) is 28.7 Å². The molecule has 0 aliphatic rings. The van der Waals surface area contributed by atoms with Gasteiger partial charge in [0.2, 0.25) is 5.88 Å². The predicted octanol–water partition coefficient (Wildman–Crippen LogP) is 3.33. The van der Waals surface area contributed by atoms with Gasteiger partial charge in [-0.2, -0.15) is 10.2 Å². The smallest absolute Gasteiger partial charge is 0.222 e. The summed E-state index contributed by atoms with van der Waals surface area (Å²) in [5.41, 5.74) is 7.44. The number of nitrogens with zero attached hydrogens (tertiary/aromatic N) is 3. The summed E-state index contributed by atoms with van der Waals surface area (Å²) >= 11 is 0. The van der Waals surface area contributed by atoms with Crippen LogP contribution in [0.3, 0.4) is 0 Å². The van der Waals surface area contributed by atoms with E-state index in [4.69, 9.17) is 10.5 Å². The highest BCUT2D eigenvalue weighted by Crippen LogP contribution is 2.29. The second-order valence-corrected chi connectivity index (χ2v) is 5.89. The van der Waals surface area contributed by atoms with Crippen molar-refractivity contribution in [2.45, 2.75) is 33.1 Å². The highest BCUT2D eigenvalue weighted by Gasteiger charge is 2.18. The Labute approximate surface area is 124 Å². The number of aromatic nitrogens is 2. The fourth-order valence-corrected chi connectivity index (χ4v) is 1.74. The van der Waals surface area contributed by atoms with Gasteiger partial charge < -0.3 is 10.5 Å². The van der Waals surface area contributed by atoms with Crippen LogP contribution in [-0.4, -0.2) is 9.97 Å². The summed E-state index contributed by atoms with van der Waals surface area (Å²) in [5.74, 6) is 1.55. The summed E-state index contributed by atoms with van der Waals surface area (Å²) in [6, 6.07) is 7.10. The van der Waals surface area contributed by atoms with Crippen LogP contribution >= 0.6 is 0 Å². The molecule has 0 spiro atoms. The Hall–Kier alpha value is -2.61. The molecule has 0 atom stereocenters. The van der Waals surface area contributed by atoms with Crippen molar-refractivity contribution in [2.24, 2.45) is 0 Å². The summed E-state index contributed by atoms with van der Waals surface area (Å²) in [7, 11) is 0. The normalized spacial score (nSPS) is 11.0. The van der Waals surface area contributed by atoms with Crippen molar-refractivity contribution in [2.75, 3.05) is 5.73 Å². The van der Waals surface area contributed by atoms with Crippen molar-refractivity contribution >= 4 is 5.69 Å². The van der Waals surface area contributed by atoms with Crippen LogP contribution in [0.1, 0.15) is 37.7 Å². The van der Waals surface area contributed by atoms with Crippen molar-refractivity contribution < 1.29 is 4.74 Å². The average Bonchev–Trinajstić information content (AvgIpc) is 2.42. The molecule has 1 aromatic carbocycles. The van der Waals surface area contributed by atoms with Gasteiger partial charge >= 0.3 is 0 Å². The molecule has 0 fully saturated rings. The van der Waals surface area contributed by atoms with Crippen LogP contribution in [0.5, 0.6) is 11.6 Å². The van der Waals surface area contributed by atoms with E-state index in [-0.39, 0.29) is 5.41 Å². The molecule has 108 valence electrons. The molecule has 2 N–H and O–H groups in total. The number of hydrogen-bond acceptors (Lipinski definition) is 5. The van der Waals surface area contributed by atoms with Crippen molar-refractivity contribution in [3.8, 4) is 17.7 Å². The summed E-state index contributed by atoms with van der Waals surface area (Å²) < 4.78 is 5.74. The lowest BCUT2D eigenvalue weighted by Gasteiger charge is -2.17. The quantitative estimate of drug-likeness (QED) is 0.854. The number of nitrogens with two attached hydrogens (primary N) is 1. The SMILES string of the molecule is Cc1cc(Oc2ccnc(C(C)(C)C)n2)c(C#N)cc1N. The van der Waals surface area contributed by atoms with E-state index in [1.807, 2.05) is 27.7 Å². The van der Waals surface area contributed by atoms with Gasteiger partial charge in [-0.15, -0.1) is 0 Å². The van der Waals surface area contributed by atoms with Gasteiger partial charge in [0, 0.05) is 23.4 Å². The highest BCUT2D eigenvalue weighted by molar-refractivity contribution is 5.58. The molecule has 0 amide bonds. The molecular weight excluding hydrogens is 264 g/mol. The number of nitriles is 1. The molecule has 5 nitrogen and oxygen atoms in total. The average molecular weight is 282 g/mol. The van der Waals surface area contributed by atoms with Crippen LogP contribution in [0, 0.1) is 18.3 Å². The largest absolute Gasteiger partial charge is 0.438 e. The molecule has 0 radical (unpaired) electrons. The van der Waals surface area contributed by atoms with Gasteiger partial charge in [0.1, 0.15) is 17.6 Å². The van der Waals surface area contributed by atoms with Crippen molar-refractivity contribution in [3.63, 3.8) is 0 Å². The molecule has 2 rings (SSSR count). The first-order valence-electron chi connectivity index (χ1n) is 6.63. The molecule has 0 bridgehead atoms. The van der Waals surface area contributed by atoms with Gasteiger partial charge in [-0.3, -0.25) is 0 Å². The van der Waals surface area contributed by atoms with Gasteiger partial charge in [0.15, 0.2) is 0 Å². The van der Waals surface area contributed by atoms with Crippen molar-refractivity contribution in [1.29, 1.82) is 5.26 Å². The summed E-state index contributed by atoms with van der Waals surface area (Å²) in [6.45, 7) is 7.95. The monoisotopic (exact) mass is 282 g/mol. The Bertz CT molecular complexity index is 711. The Morgan fingerprint density at radius 2 is 2.00 bits per heavy atom.